The van der Waals surface area contributed by atoms with Gasteiger partial charge < -0.3 is 0 Å². The lowest BCUT2D eigenvalue weighted by Gasteiger charge is -2.14. The topological polar surface area (TPSA) is 34.1 Å². The molecule has 0 bridgehead atoms. The molecule has 3 heteroatoms. The van der Waals surface area contributed by atoms with E-state index in [1.54, 1.807) is 42.5 Å². The Labute approximate surface area is 97.2 Å². The van der Waals surface area contributed by atoms with Gasteiger partial charge in [0.25, 0.3) is 0 Å². The number of rotatable bonds is 6. The zero-order chi connectivity index (χ0) is 12.0. The molecule has 1 aromatic carbocycles. The predicted octanol–water partition coefficient (Wildman–Crippen LogP) is 2.98. The molecule has 0 aliphatic carbocycles. The van der Waals surface area contributed by atoms with Gasteiger partial charge in [0.1, 0.15) is 0 Å². The molecule has 2 nitrogen and oxygen atoms in total. The van der Waals surface area contributed by atoms with Gasteiger partial charge in [0.15, 0.2) is 9.84 Å². The molecule has 0 atom stereocenters. The largest absolute Gasteiger partial charge is 0.223 e. The molecule has 1 aromatic rings. The number of benzene rings is 1. The maximum Gasteiger partial charge on any atom is 0.181 e. The molecule has 0 unspecified atom stereocenters. The summed E-state index contributed by atoms with van der Waals surface area (Å²) in [6, 6.07) is 8.50. The molecule has 0 aliphatic rings. The lowest BCUT2D eigenvalue weighted by atomic mass is 10.2. The van der Waals surface area contributed by atoms with Gasteiger partial charge in [-0.2, -0.15) is 0 Å². The third-order valence-electron chi connectivity index (χ3n) is 2.37. The van der Waals surface area contributed by atoms with Crippen LogP contribution < -0.4 is 0 Å². The Balaban J connectivity index is 3.07. The third-order valence-corrected chi connectivity index (χ3v) is 4.56. The molecule has 0 fully saturated rings. The Morgan fingerprint density at radius 2 is 1.56 bits per heavy atom. The first kappa shape index (κ1) is 12.7. The van der Waals surface area contributed by atoms with Crippen LogP contribution in [0.15, 0.2) is 60.5 Å². The Morgan fingerprint density at radius 1 is 1.06 bits per heavy atom. The normalized spacial score (nSPS) is 11.3. The molecule has 0 aromatic heterocycles. The van der Waals surface area contributed by atoms with Gasteiger partial charge in [-0.25, -0.2) is 8.42 Å². The van der Waals surface area contributed by atoms with E-state index in [-0.39, 0.29) is 0 Å². The van der Waals surface area contributed by atoms with Crippen LogP contribution >= 0.6 is 0 Å². The molecular formula is C13H16O2S. The van der Waals surface area contributed by atoms with Crippen molar-refractivity contribution in [2.24, 2.45) is 0 Å². The van der Waals surface area contributed by atoms with Crippen LogP contribution in [0.2, 0.25) is 0 Å². The fourth-order valence-corrected chi connectivity index (χ4v) is 3.22. The maximum atomic E-state index is 12.2. The van der Waals surface area contributed by atoms with Gasteiger partial charge in [0, 0.05) is 0 Å². The second kappa shape index (κ2) is 5.66. The van der Waals surface area contributed by atoms with E-state index >= 15 is 0 Å². The van der Waals surface area contributed by atoms with Crippen LogP contribution in [-0.2, 0) is 9.84 Å². The van der Waals surface area contributed by atoms with E-state index in [2.05, 4.69) is 13.2 Å². The highest BCUT2D eigenvalue weighted by Gasteiger charge is 2.24. The number of sulfone groups is 1. The minimum atomic E-state index is -3.27. The Hall–Kier alpha value is -1.35. The lowest BCUT2D eigenvalue weighted by Crippen LogP contribution is -2.20. The van der Waals surface area contributed by atoms with Crippen molar-refractivity contribution in [3.05, 3.63) is 55.6 Å². The second-order valence-electron chi connectivity index (χ2n) is 3.53. The highest BCUT2D eigenvalue weighted by atomic mass is 32.2. The summed E-state index contributed by atoms with van der Waals surface area (Å²) in [6.45, 7) is 7.18. The summed E-state index contributed by atoms with van der Waals surface area (Å²) in [4.78, 5) is 0.365. The quantitative estimate of drug-likeness (QED) is 0.712. The summed E-state index contributed by atoms with van der Waals surface area (Å²) in [5.74, 6) is 0. The van der Waals surface area contributed by atoms with E-state index in [0.29, 0.717) is 17.7 Å². The van der Waals surface area contributed by atoms with Gasteiger partial charge in [0.05, 0.1) is 10.1 Å². The zero-order valence-corrected chi connectivity index (χ0v) is 9.99. The second-order valence-corrected chi connectivity index (χ2v) is 5.76. The molecule has 0 spiro atoms. The molecule has 86 valence electrons. The van der Waals surface area contributed by atoms with E-state index in [4.69, 9.17) is 0 Å². The molecule has 0 saturated carbocycles. The average molecular weight is 236 g/mol. The first-order valence-electron chi connectivity index (χ1n) is 5.13. The molecule has 0 N–H and O–H groups in total. The van der Waals surface area contributed by atoms with E-state index in [9.17, 15) is 8.42 Å². The van der Waals surface area contributed by atoms with Crippen molar-refractivity contribution in [2.45, 2.75) is 23.0 Å². The van der Waals surface area contributed by atoms with E-state index in [1.165, 1.54) is 0 Å². The number of hydrogen-bond donors (Lipinski definition) is 0. The molecule has 16 heavy (non-hydrogen) atoms. The van der Waals surface area contributed by atoms with Crippen LogP contribution in [0.25, 0.3) is 0 Å². The van der Waals surface area contributed by atoms with Crippen LogP contribution in [-0.4, -0.2) is 13.7 Å². The van der Waals surface area contributed by atoms with Gasteiger partial charge in [0.2, 0.25) is 0 Å². The minimum Gasteiger partial charge on any atom is -0.223 e. The molecule has 0 amide bonds. The molecule has 0 heterocycles. The summed E-state index contributed by atoms with van der Waals surface area (Å²) in [7, 11) is -3.27. The first-order chi connectivity index (χ1) is 7.62. The van der Waals surface area contributed by atoms with Crippen LogP contribution in [0.1, 0.15) is 12.8 Å². The van der Waals surface area contributed by atoms with Crippen molar-refractivity contribution in [3.63, 3.8) is 0 Å². The fourth-order valence-electron chi connectivity index (χ4n) is 1.52. The van der Waals surface area contributed by atoms with Crippen molar-refractivity contribution in [1.29, 1.82) is 0 Å². The number of hydrogen-bond acceptors (Lipinski definition) is 2. The molecule has 0 radical (unpaired) electrons. The summed E-state index contributed by atoms with van der Waals surface area (Å²) in [6.07, 6.45) is 4.16. The smallest absolute Gasteiger partial charge is 0.181 e. The monoisotopic (exact) mass is 236 g/mol. The van der Waals surface area contributed by atoms with Crippen molar-refractivity contribution in [1.82, 2.24) is 0 Å². The van der Waals surface area contributed by atoms with Crippen LogP contribution in [0, 0.1) is 0 Å². The van der Waals surface area contributed by atoms with Crippen LogP contribution in [0.3, 0.4) is 0 Å². The first-order valence-corrected chi connectivity index (χ1v) is 6.68. The predicted molar refractivity (Wildman–Crippen MR) is 67.0 cm³/mol. The average Bonchev–Trinajstić information content (AvgIpc) is 2.30. The number of allylic oxidation sites excluding steroid dienone is 2. The highest BCUT2D eigenvalue weighted by Crippen LogP contribution is 2.21. The Bertz CT molecular complexity index is 436. The third kappa shape index (κ3) is 2.83. The van der Waals surface area contributed by atoms with E-state index in [0.717, 1.165) is 0 Å². The molecular weight excluding hydrogens is 220 g/mol. The Morgan fingerprint density at radius 3 is 2.00 bits per heavy atom. The molecule has 1 rings (SSSR count). The standard InChI is InChI=1S/C13H16O2S/c1-3-8-12(9-4-2)16(14,15)13-10-6-5-7-11-13/h3-7,10-12H,1-2,8-9H2. The van der Waals surface area contributed by atoms with Crippen molar-refractivity contribution >= 4 is 9.84 Å². The Kier molecular flexibility index (Phi) is 4.50. The SMILES string of the molecule is C=CCC(CC=C)S(=O)(=O)c1ccccc1. The van der Waals surface area contributed by atoms with Gasteiger partial charge in [-0.15, -0.1) is 13.2 Å². The maximum absolute atomic E-state index is 12.2. The van der Waals surface area contributed by atoms with Crippen molar-refractivity contribution < 1.29 is 8.42 Å². The van der Waals surface area contributed by atoms with E-state index in [1.807, 2.05) is 0 Å². The van der Waals surface area contributed by atoms with Crippen LogP contribution in [0.5, 0.6) is 0 Å². The summed E-state index contributed by atoms with van der Waals surface area (Å²) in [5.41, 5.74) is 0. The zero-order valence-electron chi connectivity index (χ0n) is 9.17. The summed E-state index contributed by atoms with van der Waals surface area (Å²) < 4.78 is 24.4. The fraction of sp³-hybridized carbons (Fsp3) is 0.231. The van der Waals surface area contributed by atoms with E-state index < -0.39 is 15.1 Å². The van der Waals surface area contributed by atoms with Crippen molar-refractivity contribution in [2.75, 3.05) is 0 Å². The minimum absolute atomic E-state index is 0.365. The van der Waals surface area contributed by atoms with Gasteiger partial charge >= 0.3 is 0 Å². The molecule has 0 aliphatic heterocycles. The van der Waals surface area contributed by atoms with Gasteiger partial charge in [-0.1, -0.05) is 30.4 Å². The summed E-state index contributed by atoms with van der Waals surface area (Å²) >= 11 is 0. The highest BCUT2D eigenvalue weighted by molar-refractivity contribution is 7.92. The summed E-state index contributed by atoms with van der Waals surface area (Å²) in [5, 5.41) is -0.454. The van der Waals surface area contributed by atoms with Gasteiger partial charge in [-0.3, -0.25) is 0 Å². The van der Waals surface area contributed by atoms with Gasteiger partial charge in [-0.05, 0) is 25.0 Å². The lowest BCUT2D eigenvalue weighted by molar-refractivity contribution is 0.579. The van der Waals surface area contributed by atoms with Crippen LogP contribution in [0.4, 0.5) is 0 Å². The van der Waals surface area contributed by atoms with Crippen molar-refractivity contribution in [3.8, 4) is 0 Å². The molecule has 0 saturated heterocycles.